The van der Waals surface area contributed by atoms with Crippen LogP contribution in [-0.2, 0) is 14.3 Å². The molecule has 3 fully saturated rings. The molecular formula is C16H28N2O3. The zero-order valence-corrected chi connectivity index (χ0v) is 13.1. The molecular weight excluding hydrogens is 268 g/mol. The molecule has 3 aliphatic rings. The third-order valence-electron chi connectivity index (χ3n) is 5.29. The van der Waals surface area contributed by atoms with Crippen LogP contribution in [0.3, 0.4) is 0 Å². The van der Waals surface area contributed by atoms with Crippen LogP contribution in [0.4, 0.5) is 0 Å². The van der Waals surface area contributed by atoms with Gasteiger partial charge in [-0.05, 0) is 45.7 Å². The quantitative estimate of drug-likeness (QED) is 0.831. The average Bonchev–Trinajstić information content (AvgIpc) is 3.21. The van der Waals surface area contributed by atoms with Crippen LogP contribution in [0.2, 0.25) is 0 Å². The van der Waals surface area contributed by atoms with E-state index >= 15 is 0 Å². The number of rotatable bonds is 5. The summed E-state index contributed by atoms with van der Waals surface area (Å²) >= 11 is 0. The summed E-state index contributed by atoms with van der Waals surface area (Å²) in [5, 5.41) is 3.24. The van der Waals surface area contributed by atoms with Crippen molar-refractivity contribution in [2.75, 3.05) is 32.9 Å². The SMILES string of the molecule is CCO[C@H]1COC[C@@H]1NC(=O)C1(N2CCCC2)CCCC1. The van der Waals surface area contributed by atoms with Crippen LogP contribution in [0.25, 0.3) is 0 Å². The highest BCUT2D eigenvalue weighted by Gasteiger charge is 2.48. The molecule has 0 aromatic rings. The zero-order valence-electron chi connectivity index (χ0n) is 13.1. The van der Waals surface area contributed by atoms with Gasteiger partial charge in [-0.15, -0.1) is 0 Å². The number of amides is 1. The molecule has 21 heavy (non-hydrogen) atoms. The normalized spacial score (nSPS) is 32.6. The van der Waals surface area contributed by atoms with E-state index in [1.807, 2.05) is 6.92 Å². The Labute approximate surface area is 127 Å². The van der Waals surface area contributed by atoms with Crippen LogP contribution in [0.5, 0.6) is 0 Å². The first kappa shape index (κ1) is 15.3. The lowest BCUT2D eigenvalue weighted by atomic mass is 9.93. The van der Waals surface area contributed by atoms with Gasteiger partial charge in [-0.25, -0.2) is 0 Å². The van der Waals surface area contributed by atoms with Gasteiger partial charge in [0.25, 0.3) is 0 Å². The van der Waals surface area contributed by atoms with Gasteiger partial charge < -0.3 is 14.8 Å². The molecule has 5 nitrogen and oxygen atoms in total. The van der Waals surface area contributed by atoms with Crippen LogP contribution in [0.1, 0.15) is 45.4 Å². The number of carbonyl (C=O) groups excluding carboxylic acids is 1. The molecule has 0 aromatic carbocycles. The molecule has 0 unspecified atom stereocenters. The lowest BCUT2D eigenvalue weighted by Gasteiger charge is -2.38. The van der Waals surface area contributed by atoms with E-state index in [1.54, 1.807) is 0 Å². The molecule has 0 bridgehead atoms. The van der Waals surface area contributed by atoms with Gasteiger partial charge in [0.2, 0.25) is 5.91 Å². The Balaban J connectivity index is 1.67. The Bertz CT molecular complexity index is 363. The third-order valence-corrected chi connectivity index (χ3v) is 5.29. The van der Waals surface area contributed by atoms with Gasteiger partial charge in [-0.1, -0.05) is 12.8 Å². The first-order valence-corrected chi connectivity index (χ1v) is 8.51. The van der Waals surface area contributed by atoms with Crippen molar-refractivity contribution in [1.82, 2.24) is 10.2 Å². The number of hydrogen-bond donors (Lipinski definition) is 1. The Kier molecular flexibility index (Phi) is 4.82. The molecule has 5 heteroatoms. The molecule has 0 spiro atoms. The molecule has 1 N–H and O–H groups in total. The van der Waals surface area contributed by atoms with E-state index in [1.165, 1.54) is 25.7 Å². The highest BCUT2D eigenvalue weighted by molar-refractivity contribution is 5.87. The largest absolute Gasteiger partial charge is 0.376 e. The second-order valence-corrected chi connectivity index (χ2v) is 6.54. The van der Waals surface area contributed by atoms with Crippen molar-refractivity contribution in [3.8, 4) is 0 Å². The summed E-state index contributed by atoms with van der Waals surface area (Å²) in [6, 6.07) is 0.0116. The predicted molar refractivity (Wildman–Crippen MR) is 80.2 cm³/mol. The Morgan fingerprint density at radius 2 is 1.95 bits per heavy atom. The van der Waals surface area contributed by atoms with Crippen LogP contribution in [0, 0.1) is 0 Å². The number of nitrogens with one attached hydrogen (secondary N) is 1. The Hall–Kier alpha value is -0.650. The van der Waals surface area contributed by atoms with Gasteiger partial charge in [-0.3, -0.25) is 9.69 Å². The summed E-state index contributed by atoms with van der Waals surface area (Å²) in [5.41, 5.74) is -0.254. The molecule has 120 valence electrons. The maximum Gasteiger partial charge on any atom is 0.240 e. The fraction of sp³-hybridized carbons (Fsp3) is 0.938. The number of likely N-dealkylation sites (tertiary alicyclic amines) is 1. The molecule has 0 radical (unpaired) electrons. The van der Waals surface area contributed by atoms with Gasteiger partial charge >= 0.3 is 0 Å². The molecule has 1 amide bonds. The fourth-order valence-electron chi connectivity index (χ4n) is 4.14. The number of hydrogen-bond acceptors (Lipinski definition) is 4. The predicted octanol–water partition coefficient (Wildman–Crippen LogP) is 1.32. The number of ether oxygens (including phenoxy) is 2. The summed E-state index contributed by atoms with van der Waals surface area (Å²) in [6.07, 6.45) is 6.81. The summed E-state index contributed by atoms with van der Waals surface area (Å²) in [5.74, 6) is 0.210. The summed E-state index contributed by atoms with van der Waals surface area (Å²) in [6.45, 7) is 5.96. The van der Waals surface area contributed by atoms with E-state index in [9.17, 15) is 4.79 Å². The summed E-state index contributed by atoms with van der Waals surface area (Å²) in [7, 11) is 0. The Morgan fingerprint density at radius 1 is 1.24 bits per heavy atom. The smallest absolute Gasteiger partial charge is 0.240 e. The second-order valence-electron chi connectivity index (χ2n) is 6.54. The Morgan fingerprint density at radius 3 is 2.62 bits per heavy atom. The summed E-state index contributed by atoms with van der Waals surface area (Å²) < 4.78 is 11.2. The second kappa shape index (κ2) is 6.63. The van der Waals surface area contributed by atoms with E-state index in [2.05, 4.69) is 10.2 Å². The lowest BCUT2D eigenvalue weighted by molar-refractivity contribution is -0.134. The van der Waals surface area contributed by atoms with Gasteiger partial charge in [0.05, 0.1) is 19.3 Å². The van der Waals surface area contributed by atoms with Gasteiger partial charge in [0.1, 0.15) is 11.6 Å². The van der Waals surface area contributed by atoms with Crippen LogP contribution < -0.4 is 5.32 Å². The first-order chi connectivity index (χ1) is 10.3. The monoisotopic (exact) mass is 296 g/mol. The lowest BCUT2D eigenvalue weighted by Crippen LogP contribution is -2.59. The minimum atomic E-state index is -0.254. The topological polar surface area (TPSA) is 50.8 Å². The molecule has 0 aromatic heterocycles. The third kappa shape index (κ3) is 2.96. The first-order valence-electron chi connectivity index (χ1n) is 8.51. The fourth-order valence-corrected chi connectivity index (χ4v) is 4.14. The highest BCUT2D eigenvalue weighted by atomic mass is 16.5. The molecule has 1 saturated carbocycles. The van der Waals surface area contributed by atoms with E-state index in [0.717, 1.165) is 25.9 Å². The van der Waals surface area contributed by atoms with Gasteiger partial charge in [-0.2, -0.15) is 0 Å². The van der Waals surface area contributed by atoms with Crippen molar-refractivity contribution < 1.29 is 14.3 Å². The molecule has 1 aliphatic carbocycles. The van der Waals surface area contributed by atoms with Crippen LogP contribution in [-0.4, -0.2) is 61.4 Å². The van der Waals surface area contributed by atoms with Crippen molar-refractivity contribution in [3.63, 3.8) is 0 Å². The van der Waals surface area contributed by atoms with E-state index < -0.39 is 0 Å². The molecule has 2 atom stereocenters. The zero-order chi connectivity index (χ0) is 14.7. The maximum absolute atomic E-state index is 13.0. The minimum Gasteiger partial charge on any atom is -0.376 e. The van der Waals surface area contributed by atoms with Crippen LogP contribution in [0.15, 0.2) is 0 Å². The number of carbonyl (C=O) groups is 1. The maximum atomic E-state index is 13.0. The molecule has 2 saturated heterocycles. The molecule has 3 rings (SSSR count). The van der Waals surface area contributed by atoms with Gasteiger partial charge in [0.15, 0.2) is 0 Å². The standard InChI is InChI=1S/C16H28N2O3/c1-2-21-14-12-20-11-13(14)17-15(19)16(7-3-4-8-16)18-9-5-6-10-18/h13-14H,2-12H2,1H3,(H,17,19)/t13-,14-/m0/s1. The van der Waals surface area contributed by atoms with Crippen molar-refractivity contribution in [2.45, 2.75) is 63.1 Å². The van der Waals surface area contributed by atoms with Crippen molar-refractivity contribution in [1.29, 1.82) is 0 Å². The van der Waals surface area contributed by atoms with E-state index in [4.69, 9.17) is 9.47 Å². The van der Waals surface area contributed by atoms with Crippen molar-refractivity contribution in [3.05, 3.63) is 0 Å². The van der Waals surface area contributed by atoms with Crippen molar-refractivity contribution in [2.24, 2.45) is 0 Å². The summed E-state index contributed by atoms with van der Waals surface area (Å²) in [4.78, 5) is 15.4. The average molecular weight is 296 g/mol. The number of nitrogens with zero attached hydrogens (tertiary/aromatic N) is 1. The van der Waals surface area contributed by atoms with Crippen LogP contribution >= 0.6 is 0 Å². The van der Waals surface area contributed by atoms with Gasteiger partial charge in [0, 0.05) is 6.61 Å². The molecule has 2 heterocycles. The highest BCUT2D eigenvalue weighted by Crippen LogP contribution is 2.37. The van der Waals surface area contributed by atoms with E-state index in [-0.39, 0.29) is 23.6 Å². The van der Waals surface area contributed by atoms with E-state index in [0.29, 0.717) is 19.8 Å². The molecule has 2 aliphatic heterocycles. The van der Waals surface area contributed by atoms with Crippen molar-refractivity contribution >= 4 is 5.91 Å². The minimum absolute atomic E-state index is 0.0102.